The lowest BCUT2D eigenvalue weighted by molar-refractivity contribution is 0.284. The molecule has 0 saturated carbocycles. The van der Waals surface area contributed by atoms with Crippen LogP contribution >= 0.6 is 46.6 Å². The summed E-state index contributed by atoms with van der Waals surface area (Å²) in [5.74, 6) is 2.75. The Bertz CT molecular complexity index is 1380. The summed E-state index contributed by atoms with van der Waals surface area (Å²) in [5.41, 5.74) is 2.90. The number of aromatic nitrogens is 3. The standard InChI is InChI=1S/C27H25Cl3N4O2S/c1-3-4-26-32-33-27(37-17-18-5-9-21(28)10-6-18)34(26)31-15-19-8-12-24(25(14-19)35-2)36-16-20-7-11-22(29)23(30)13-20/h5-15H,3-4,16-17H2,1-2H3/b31-15+. The minimum absolute atomic E-state index is 0.329. The van der Waals surface area contributed by atoms with Crippen molar-refractivity contribution in [3.63, 3.8) is 0 Å². The van der Waals surface area contributed by atoms with Gasteiger partial charge in [0, 0.05) is 17.2 Å². The van der Waals surface area contributed by atoms with Gasteiger partial charge in [-0.3, -0.25) is 0 Å². The average molecular weight is 576 g/mol. The van der Waals surface area contributed by atoms with E-state index in [1.165, 1.54) is 0 Å². The van der Waals surface area contributed by atoms with Crippen molar-refractivity contribution < 1.29 is 9.47 Å². The van der Waals surface area contributed by atoms with Gasteiger partial charge in [0.25, 0.3) is 0 Å². The molecule has 0 aliphatic carbocycles. The number of aryl methyl sites for hydroxylation is 1. The van der Waals surface area contributed by atoms with E-state index < -0.39 is 0 Å². The van der Waals surface area contributed by atoms with Crippen LogP contribution in [0.2, 0.25) is 15.1 Å². The van der Waals surface area contributed by atoms with E-state index in [0.29, 0.717) is 33.2 Å². The Morgan fingerprint density at radius 1 is 0.919 bits per heavy atom. The molecule has 3 aromatic carbocycles. The largest absolute Gasteiger partial charge is 0.493 e. The van der Waals surface area contributed by atoms with E-state index in [0.717, 1.165) is 46.3 Å². The normalized spacial score (nSPS) is 11.3. The van der Waals surface area contributed by atoms with E-state index in [-0.39, 0.29) is 0 Å². The highest BCUT2D eigenvalue weighted by Crippen LogP contribution is 2.30. The molecule has 192 valence electrons. The summed E-state index contributed by atoms with van der Waals surface area (Å²) in [5, 5.41) is 15.9. The first-order valence-corrected chi connectivity index (χ1v) is 13.7. The highest BCUT2D eigenvalue weighted by Gasteiger charge is 2.12. The smallest absolute Gasteiger partial charge is 0.212 e. The molecule has 0 spiro atoms. The van der Waals surface area contributed by atoms with Crippen LogP contribution < -0.4 is 9.47 Å². The number of hydrogen-bond donors (Lipinski definition) is 0. The number of hydrogen-bond acceptors (Lipinski definition) is 6. The molecule has 4 aromatic rings. The van der Waals surface area contributed by atoms with Gasteiger partial charge >= 0.3 is 0 Å². The number of benzene rings is 3. The Kier molecular flexibility index (Phi) is 9.75. The molecule has 6 nitrogen and oxygen atoms in total. The van der Waals surface area contributed by atoms with Crippen LogP contribution in [0.4, 0.5) is 0 Å². The summed E-state index contributed by atoms with van der Waals surface area (Å²) in [4.78, 5) is 0. The van der Waals surface area contributed by atoms with Crippen LogP contribution in [0.3, 0.4) is 0 Å². The second-order valence-electron chi connectivity index (χ2n) is 8.07. The minimum atomic E-state index is 0.329. The first-order chi connectivity index (χ1) is 18.0. The second kappa shape index (κ2) is 13.2. The zero-order valence-corrected chi connectivity index (χ0v) is 23.4. The van der Waals surface area contributed by atoms with Gasteiger partial charge in [-0.05, 0) is 65.6 Å². The molecule has 0 atom stereocenters. The van der Waals surface area contributed by atoms with Gasteiger partial charge in [0.15, 0.2) is 17.3 Å². The van der Waals surface area contributed by atoms with Gasteiger partial charge in [-0.25, -0.2) is 0 Å². The average Bonchev–Trinajstić information content (AvgIpc) is 3.29. The van der Waals surface area contributed by atoms with Crippen LogP contribution in [-0.2, 0) is 18.8 Å². The molecule has 0 saturated heterocycles. The maximum absolute atomic E-state index is 6.11. The zero-order valence-electron chi connectivity index (χ0n) is 20.3. The van der Waals surface area contributed by atoms with Crippen molar-refractivity contribution in [2.45, 2.75) is 37.3 Å². The summed E-state index contributed by atoms with van der Waals surface area (Å²) in [6.07, 6.45) is 3.48. The van der Waals surface area contributed by atoms with Crippen molar-refractivity contribution in [2.24, 2.45) is 5.10 Å². The van der Waals surface area contributed by atoms with Crippen molar-refractivity contribution in [1.82, 2.24) is 14.9 Å². The highest BCUT2D eigenvalue weighted by atomic mass is 35.5. The SMILES string of the molecule is CCCc1nnc(SCc2ccc(Cl)cc2)n1/N=C/c1ccc(OCc2ccc(Cl)c(Cl)c2)c(OC)c1. The second-order valence-corrected chi connectivity index (χ2v) is 10.3. The van der Waals surface area contributed by atoms with Crippen LogP contribution in [0.25, 0.3) is 0 Å². The van der Waals surface area contributed by atoms with Gasteiger partial charge in [0.2, 0.25) is 5.16 Å². The summed E-state index contributed by atoms with van der Waals surface area (Å²) < 4.78 is 13.3. The van der Waals surface area contributed by atoms with Crippen molar-refractivity contribution in [3.05, 3.63) is 98.2 Å². The molecule has 4 rings (SSSR count). The Morgan fingerprint density at radius 2 is 1.70 bits per heavy atom. The Balaban J connectivity index is 1.49. The first-order valence-electron chi connectivity index (χ1n) is 11.6. The van der Waals surface area contributed by atoms with Gasteiger partial charge < -0.3 is 9.47 Å². The van der Waals surface area contributed by atoms with E-state index in [1.54, 1.807) is 41.9 Å². The van der Waals surface area contributed by atoms with E-state index in [1.807, 2.05) is 48.5 Å². The quantitative estimate of drug-likeness (QED) is 0.134. The molecule has 0 aliphatic heterocycles. The first kappa shape index (κ1) is 27.3. The molecule has 10 heteroatoms. The Hall–Kier alpha value is -2.71. The fourth-order valence-corrected chi connectivity index (χ4v) is 4.72. The topological polar surface area (TPSA) is 61.5 Å². The number of rotatable bonds is 11. The third-order valence-electron chi connectivity index (χ3n) is 5.32. The van der Waals surface area contributed by atoms with Crippen LogP contribution in [0.15, 0.2) is 70.9 Å². The molecule has 0 bridgehead atoms. The van der Waals surface area contributed by atoms with Gasteiger partial charge in [-0.15, -0.1) is 10.2 Å². The van der Waals surface area contributed by atoms with Crippen LogP contribution in [0.5, 0.6) is 11.5 Å². The van der Waals surface area contributed by atoms with Gasteiger partial charge in [-0.2, -0.15) is 9.78 Å². The van der Waals surface area contributed by atoms with E-state index in [9.17, 15) is 0 Å². The number of thioether (sulfide) groups is 1. The predicted molar refractivity (Wildman–Crippen MR) is 152 cm³/mol. The molecular weight excluding hydrogens is 551 g/mol. The van der Waals surface area contributed by atoms with Crippen LogP contribution in [-0.4, -0.2) is 28.2 Å². The monoisotopic (exact) mass is 574 g/mol. The Labute approximate surface area is 235 Å². The maximum atomic E-state index is 6.11. The fourth-order valence-electron chi connectivity index (χ4n) is 3.41. The maximum Gasteiger partial charge on any atom is 0.212 e. The third kappa shape index (κ3) is 7.42. The molecule has 0 radical (unpaired) electrons. The summed E-state index contributed by atoms with van der Waals surface area (Å²) in [7, 11) is 1.60. The predicted octanol–water partition coefficient (Wildman–Crippen LogP) is 7.95. The lowest BCUT2D eigenvalue weighted by Gasteiger charge is -2.12. The molecule has 0 amide bonds. The van der Waals surface area contributed by atoms with Gasteiger partial charge in [0.1, 0.15) is 6.61 Å². The van der Waals surface area contributed by atoms with Crippen molar-refractivity contribution in [1.29, 1.82) is 0 Å². The lowest BCUT2D eigenvalue weighted by Crippen LogP contribution is -2.01. The van der Waals surface area contributed by atoms with Crippen LogP contribution in [0, 0.1) is 0 Å². The number of nitrogens with zero attached hydrogens (tertiary/aromatic N) is 4. The minimum Gasteiger partial charge on any atom is -0.493 e. The molecular formula is C27H25Cl3N4O2S. The number of halogens is 3. The molecule has 0 unspecified atom stereocenters. The van der Waals surface area contributed by atoms with Crippen molar-refractivity contribution >= 4 is 52.8 Å². The van der Waals surface area contributed by atoms with E-state index >= 15 is 0 Å². The molecule has 1 aromatic heterocycles. The Morgan fingerprint density at radius 3 is 2.43 bits per heavy atom. The molecule has 0 N–H and O–H groups in total. The number of methoxy groups -OCH3 is 1. The molecule has 0 fully saturated rings. The number of ether oxygens (including phenoxy) is 2. The molecule has 0 aliphatic rings. The molecule has 37 heavy (non-hydrogen) atoms. The van der Waals surface area contributed by atoms with Gasteiger partial charge in [0.05, 0.1) is 23.4 Å². The third-order valence-corrected chi connectivity index (χ3v) is 7.30. The van der Waals surface area contributed by atoms with Gasteiger partial charge in [-0.1, -0.05) is 71.7 Å². The van der Waals surface area contributed by atoms with Crippen LogP contribution in [0.1, 0.15) is 35.9 Å². The lowest BCUT2D eigenvalue weighted by atomic mass is 10.2. The zero-order chi connectivity index (χ0) is 26.2. The highest BCUT2D eigenvalue weighted by molar-refractivity contribution is 7.98. The fraction of sp³-hybridized carbons (Fsp3) is 0.222. The molecule has 1 heterocycles. The van der Waals surface area contributed by atoms with E-state index in [2.05, 4.69) is 17.1 Å². The summed E-state index contributed by atoms with van der Waals surface area (Å²) in [6.45, 7) is 2.43. The van der Waals surface area contributed by atoms with E-state index in [4.69, 9.17) is 49.4 Å². The van der Waals surface area contributed by atoms with Crippen molar-refractivity contribution in [3.8, 4) is 11.5 Å². The summed E-state index contributed by atoms with van der Waals surface area (Å²) >= 11 is 19.7. The van der Waals surface area contributed by atoms with Crippen molar-refractivity contribution in [2.75, 3.05) is 7.11 Å². The summed E-state index contributed by atoms with van der Waals surface area (Å²) in [6, 6.07) is 18.8.